The minimum atomic E-state index is -4.34. The van der Waals surface area contributed by atoms with Crippen molar-refractivity contribution in [2.24, 2.45) is 0 Å². The quantitative estimate of drug-likeness (QED) is 0.767. The molecule has 88 valence electrons. The van der Waals surface area contributed by atoms with Crippen molar-refractivity contribution in [1.82, 2.24) is 20.4 Å². The highest BCUT2D eigenvalue weighted by atomic mass is 19.4. The molecule has 0 bridgehead atoms. The van der Waals surface area contributed by atoms with Crippen LogP contribution < -0.4 is 0 Å². The molecule has 2 aromatic rings. The maximum absolute atomic E-state index is 12.3. The number of rotatable bonds is 1. The van der Waals surface area contributed by atoms with Gasteiger partial charge in [0.1, 0.15) is 0 Å². The molecule has 0 atom stereocenters. The maximum Gasteiger partial charge on any atom is 0.416 e. The molecule has 0 aliphatic carbocycles. The van der Waals surface area contributed by atoms with E-state index in [0.29, 0.717) is 11.4 Å². The van der Waals surface area contributed by atoms with Crippen molar-refractivity contribution in [3.63, 3.8) is 0 Å². The molecule has 4 nitrogen and oxygen atoms in total. The van der Waals surface area contributed by atoms with Crippen molar-refractivity contribution in [2.75, 3.05) is 0 Å². The van der Waals surface area contributed by atoms with Crippen LogP contribution in [0.4, 0.5) is 13.2 Å². The number of alkyl halides is 3. The Morgan fingerprint density at radius 2 is 1.41 bits per heavy atom. The van der Waals surface area contributed by atoms with Gasteiger partial charge in [-0.25, -0.2) is 0 Å². The van der Waals surface area contributed by atoms with E-state index in [9.17, 15) is 13.2 Å². The first-order valence-corrected chi connectivity index (χ1v) is 4.68. The topological polar surface area (TPSA) is 51.6 Å². The molecule has 0 aliphatic heterocycles. The Kier molecular flexibility index (Phi) is 2.74. The Morgan fingerprint density at radius 1 is 0.882 bits per heavy atom. The SMILES string of the molecule is Cc1nnc(-c2ccc(C(F)(F)F)cc2)nn1. The highest BCUT2D eigenvalue weighted by Crippen LogP contribution is 2.30. The molecule has 0 saturated heterocycles. The standard InChI is InChI=1S/C10H7F3N4/c1-6-14-16-9(17-15-6)7-2-4-8(5-3-7)10(11,12)13/h2-5H,1H3. The third-order valence-electron chi connectivity index (χ3n) is 2.05. The van der Waals surface area contributed by atoms with Crippen LogP contribution in [-0.4, -0.2) is 20.4 Å². The normalized spacial score (nSPS) is 11.5. The number of halogens is 3. The summed E-state index contributed by atoms with van der Waals surface area (Å²) in [6, 6.07) is 4.52. The molecule has 2 rings (SSSR count). The van der Waals surface area contributed by atoms with Crippen LogP contribution in [0.5, 0.6) is 0 Å². The molecule has 0 spiro atoms. The van der Waals surface area contributed by atoms with Gasteiger partial charge >= 0.3 is 6.18 Å². The fraction of sp³-hybridized carbons (Fsp3) is 0.200. The lowest BCUT2D eigenvalue weighted by Crippen LogP contribution is -2.04. The lowest BCUT2D eigenvalue weighted by molar-refractivity contribution is -0.137. The first-order chi connectivity index (χ1) is 7.97. The van der Waals surface area contributed by atoms with Gasteiger partial charge in [0.2, 0.25) is 5.82 Å². The van der Waals surface area contributed by atoms with Gasteiger partial charge in [-0.1, -0.05) is 12.1 Å². The van der Waals surface area contributed by atoms with E-state index < -0.39 is 11.7 Å². The van der Waals surface area contributed by atoms with Gasteiger partial charge in [-0.05, 0) is 19.1 Å². The molecule has 0 radical (unpaired) electrons. The smallest absolute Gasteiger partial charge is 0.166 e. The van der Waals surface area contributed by atoms with Crippen LogP contribution >= 0.6 is 0 Å². The molecule has 0 unspecified atom stereocenters. The number of aryl methyl sites for hydroxylation is 1. The first kappa shape index (κ1) is 11.4. The van der Waals surface area contributed by atoms with E-state index in [4.69, 9.17) is 0 Å². The highest BCUT2D eigenvalue weighted by molar-refractivity contribution is 5.54. The van der Waals surface area contributed by atoms with Gasteiger partial charge in [0.05, 0.1) is 5.56 Å². The molecule has 17 heavy (non-hydrogen) atoms. The molecule has 0 fully saturated rings. The summed E-state index contributed by atoms with van der Waals surface area (Å²) >= 11 is 0. The first-order valence-electron chi connectivity index (χ1n) is 4.68. The summed E-state index contributed by atoms with van der Waals surface area (Å²) in [6.07, 6.45) is -4.34. The molecule has 0 amide bonds. The van der Waals surface area contributed by atoms with Crippen molar-refractivity contribution in [3.05, 3.63) is 35.7 Å². The predicted molar refractivity (Wildman–Crippen MR) is 52.8 cm³/mol. The van der Waals surface area contributed by atoms with Gasteiger partial charge in [-0.2, -0.15) is 13.2 Å². The summed E-state index contributed by atoms with van der Waals surface area (Å²) in [6.45, 7) is 1.62. The Bertz CT molecular complexity index is 505. The maximum atomic E-state index is 12.3. The molecule has 7 heteroatoms. The summed E-state index contributed by atoms with van der Waals surface area (Å²) < 4.78 is 37.0. The Hall–Kier alpha value is -2.05. The molecule has 0 N–H and O–H groups in total. The minimum absolute atomic E-state index is 0.198. The van der Waals surface area contributed by atoms with E-state index in [1.807, 2.05) is 0 Å². The second-order valence-corrected chi connectivity index (χ2v) is 3.35. The zero-order chi connectivity index (χ0) is 12.5. The van der Waals surface area contributed by atoms with Gasteiger partial charge in [0.15, 0.2) is 5.82 Å². The number of nitrogens with zero attached hydrogens (tertiary/aromatic N) is 4. The molecule has 1 aromatic heterocycles. The fourth-order valence-electron chi connectivity index (χ4n) is 1.20. The van der Waals surface area contributed by atoms with Crippen molar-refractivity contribution < 1.29 is 13.2 Å². The summed E-state index contributed by atoms with van der Waals surface area (Å²) in [4.78, 5) is 0. The highest BCUT2D eigenvalue weighted by Gasteiger charge is 2.30. The molecular weight excluding hydrogens is 233 g/mol. The van der Waals surface area contributed by atoms with Crippen LogP contribution in [0.25, 0.3) is 11.4 Å². The molecule has 1 heterocycles. The summed E-state index contributed by atoms with van der Waals surface area (Å²) in [5.74, 6) is 0.602. The van der Waals surface area contributed by atoms with Crippen LogP contribution in [0, 0.1) is 6.92 Å². The molecule has 0 saturated carbocycles. The summed E-state index contributed by atoms with van der Waals surface area (Å²) in [7, 11) is 0. The number of hydrogen-bond acceptors (Lipinski definition) is 4. The van der Waals surface area contributed by atoms with Gasteiger partial charge < -0.3 is 0 Å². The zero-order valence-electron chi connectivity index (χ0n) is 8.73. The third-order valence-corrected chi connectivity index (χ3v) is 2.05. The van der Waals surface area contributed by atoms with Crippen LogP contribution in [0.15, 0.2) is 24.3 Å². The lowest BCUT2D eigenvalue weighted by atomic mass is 10.1. The second kappa shape index (κ2) is 4.08. The summed E-state index contributed by atoms with van der Waals surface area (Å²) in [5.41, 5.74) is -0.271. The minimum Gasteiger partial charge on any atom is -0.166 e. The van der Waals surface area contributed by atoms with Gasteiger partial charge in [-0.3, -0.25) is 0 Å². The molecule has 1 aromatic carbocycles. The average Bonchev–Trinajstić information content (AvgIpc) is 2.29. The second-order valence-electron chi connectivity index (χ2n) is 3.35. The zero-order valence-corrected chi connectivity index (χ0v) is 8.73. The Labute approximate surface area is 94.5 Å². The third kappa shape index (κ3) is 2.55. The molecular formula is C10H7F3N4. The van der Waals surface area contributed by atoms with Crippen molar-refractivity contribution >= 4 is 0 Å². The van der Waals surface area contributed by atoms with E-state index in [2.05, 4.69) is 20.4 Å². The van der Waals surface area contributed by atoms with Gasteiger partial charge in [-0.15, -0.1) is 20.4 Å². The number of aromatic nitrogens is 4. The number of hydrogen-bond donors (Lipinski definition) is 0. The molecule has 0 aliphatic rings. The monoisotopic (exact) mass is 240 g/mol. The van der Waals surface area contributed by atoms with E-state index in [0.717, 1.165) is 12.1 Å². The van der Waals surface area contributed by atoms with Crippen molar-refractivity contribution in [1.29, 1.82) is 0 Å². The van der Waals surface area contributed by atoms with Crippen molar-refractivity contribution in [2.45, 2.75) is 13.1 Å². The van der Waals surface area contributed by atoms with E-state index in [1.165, 1.54) is 12.1 Å². The Morgan fingerprint density at radius 3 is 1.88 bits per heavy atom. The van der Waals surface area contributed by atoms with Crippen LogP contribution in [0.2, 0.25) is 0 Å². The summed E-state index contributed by atoms with van der Waals surface area (Å²) in [5, 5.41) is 14.8. The van der Waals surface area contributed by atoms with E-state index >= 15 is 0 Å². The van der Waals surface area contributed by atoms with Crippen LogP contribution in [0.1, 0.15) is 11.4 Å². The van der Waals surface area contributed by atoms with Crippen molar-refractivity contribution in [3.8, 4) is 11.4 Å². The van der Waals surface area contributed by atoms with Gasteiger partial charge in [0.25, 0.3) is 0 Å². The lowest BCUT2D eigenvalue weighted by Gasteiger charge is -2.06. The van der Waals surface area contributed by atoms with E-state index in [-0.39, 0.29) is 5.82 Å². The van der Waals surface area contributed by atoms with E-state index in [1.54, 1.807) is 6.92 Å². The Balaban J connectivity index is 2.33. The van der Waals surface area contributed by atoms with Crippen LogP contribution in [-0.2, 0) is 6.18 Å². The predicted octanol–water partition coefficient (Wildman–Crippen LogP) is 2.26. The van der Waals surface area contributed by atoms with Gasteiger partial charge in [0, 0.05) is 5.56 Å². The fourth-order valence-corrected chi connectivity index (χ4v) is 1.20. The van der Waals surface area contributed by atoms with Crippen LogP contribution in [0.3, 0.4) is 0 Å². The average molecular weight is 240 g/mol. The largest absolute Gasteiger partial charge is 0.416 e. The number of benzene rings is 1.